The third kappa shape index (κ3) is 15.4. The Balaban J connectivity index is 0.000000291. The van der Waals surface area contributed by atoms with Gasteiger partial charge in [0.15, 0.2) is 0 Å². The summed E-state index contributed by atoms with van der Waals surface area (Å²) in [6.45, 7) is 6.50. The number of thioether (sulfide) groups is 2. The van der Waals surface area contributed by atoms with Gasteiger partial charge in [0.25, 0.3) is 0 Å². The third-order valence-corrected chi connectivity index (χ3v) is 12.5. The number of carbonyl (C=O) groups is 3. The molecule has 0 heterocycles. The van der Waals surface area contributed by atoms with Gasteiger partial charge in [-0.2, -0.15) is 0 Å². The molecular formula is C42H48Br2O8S2. The molecular weight excluding hydrogens is 856 g/mol. The summed E-state index contributed by atoms with van der Waals surface area (Å²) in [5.74, 6) is 0.181. The van der Waals surface area contributed by atoms with E-state index in [0.717, 1.165) is 63.4 Å². The Labute approximate surface area is 344 Å². The third-order valence-electron chi connectivity index (χ3n) is 8.08. The first-order chi connectivity index (χ1) is 26.0. The first-order valence-corrected chi connectivity index (χ1v) is 21.1. The highest BCUT2D eigenvalue weighted by Gasteiger charge is 2.21. The van der Waals surface area contributed by atoms with Crippen LogP contribution >= 0.6 is 55.4 Å². The summed E-state index contributed by atoms with van der Waals surface area (Å²) in [5, 5.41) is 9.51. The maximum atomic E-state index is 11.8. The molecule has 0 aliphatic rings. The van der Waals surface area contributed by atoms with Crippen LogP contribution in [0, 0.1) is 0 Å². The van der Waals surface area contributed by atoms with Crippen LogP contribution < -0.4 is 9.47 Å². The zero-order chi connectivity index (χ0) is 39.5. The summed E-state index contributed by atoms with van der Waals surface area (Å²) in [6.07, 6.45) is 5.43. The van der Waals surface area contributed by atoms with Gasteiger partial charge in [0.1, 0.15) is 16.7 Å². The minimum atomic E-state index is -0.846. The molecule has 0 bridgehead atoms. The molecule has 290 valence electrons. The molecule has 12 heteroatoms. The van der Waals surface area contributed by atoms with Crippen LogP contribution in [0.2, 0.25) is 0 Å². The van der Waals surface area contributed by atoms with E-state index in [1.54, 1.807) is 39.3 Å². The monoisotopic (exact) mass is 902 g/mol. The molecule has 0 radical (unpaired) electrons. The fraction of sp³-hybridized carbons (Fsp3) is 0.357. The first kappa shape index (κ1) is 44.9. The highest BCUT2D eigenvalue weighted by Crippen LogP contribution is 2.35. The van der Waals surface area contributed by atoms with Gasteiger partial charge in [-0.3, -0.25) is 4.79 Å². The van der Waals surface area contributed by atoms with Gasteiger partial charge in [-0.25, -0.2) is 9.59 Å². The van der Waals surface area contributed by atoms with Gasteiger partial charge in [-0.05, 0) is 156 Å². The number of aryl methyl sites for hydroxylation is 2. The van der Waals surface area contributed by atoms with Crippen molar-refractivity contribution in [3.05, 3.63) is 116 Å². The number of rotatable bonds is 19. The average Bonchev–Trinajstić information content (AvgIpc) is 3.16. The van der Waals surface area contributed by atoms with Crippen LogP contribution in [0.25, 0.3) is 0 Å². The Kier molecular flexibility index (Phi) is 20.1. The number of halogens is 2. The maximum absolute atomic E-state index is 11.8. The number of carboxylic acid groups (broad SMARTS) is 1. The molecule has 0 aromatic heterocycles. The second kappa shape index (κ2) is 24.1. The second-order valence-electron chi connectivity index (χ2n) is 12.1. The van der Waals surface area contributed by atoms with E-state index >= 15 is 0 Å². The van der Waals surface area contributed by atoms with Crippen LogP contribution in [0.1, 0.15) is 78.3 Å². The van der Waals surface area contributed by atoms with Gasteiger partial charge in [0.2, 0.25) is 0 Å². The SMILES string of the molecule is CCOC(=O)c1ccc(S[C@@H](CCCc2ccc(OC)cc2)C(=O)O)c(Br)c1.CCOC(=O)c1ccc(S[C@H](C)CCCc2ccc(OC)cc2)c(Br)c1. The van der Waals surface area contributed by atoms with Crippen molar-refractivity contribution in [2.24, 2.45) is 0 Å². The van der Waals surface area contributed by atoms with Gasteiger partial charge in [-0.1, -0.05) is 31.2 Å². The van der Waals surface area contributed by atoms with Crippen molar-refractivity contribution in [3.63, 3.8) is 0 Å². The summed E-state index contributed by atoms with van der Waals surface area (Å²) >= 11 is 10.1. The molecule has 4 rings (SSSR count). The van der Waals surface area contributed by atoms with E-state index in [-0.39, 0.29) is 5.97 Å². The fourth-order valence-corrected chi connectivity index (χ4v) is 8.57. The van der Waals surface area contributed by atoms with Crippen LogP contribution in [-0.2, 0) is 27.1 Å². The maximum Gasteiger partial charge on any atom is 0.338 e. The lowest BCUT2D eigenvalue weighted by Gasteiger charge is -2.14. The number of hydrogen-bond acceptors (Lipinski definition) is 9. The molecule has 0 spiro atoms. The van der Waals surface area contributed by atoms with Crippen molar-refractivity contribution >= 4 is 73.3 Å². The van der Waals surface area contributed by atoms with Crippen LogP contribution in [0.5, 0.6) is 11.5 Å². The van der Waals surface area contributed by atoms with E-state index in [2.05, 4.69) is 50.9 Å². The van der Waals surface area contributed by atoms with Gasteiger partial charge in [-0.15, -0.1) is 23.5 Å². The van der Waals surface area contributed by atoms with Gasteiger partial charge in [0, 0.05) is 24.0 Å². The lowest BCUT2D eigenvalue weighted by molar-refractivity contribution is -0.136. The highest BCUT2D eigenvalue weighted by atomic mass is 79.9. The fourth-order valence-electron chi connectivity index (χ4n) is 5.21. The summed E-state index contributed by atoms with van der Waals surface area (Å²) in [7, 11) is 3.31. The normalized spacial score (nSPS) is 11.8. The van der Waals surface area contributed by atoms with Gasteiger partial charge < -0.3 is 24.1 Å². The molecule has 4 aromatic carbocycles. The summed E-state index contributed by atoms with van der Waals surface area (Å²) < 4.78 is 22.0. The van der Waals surface area contributed by atoms with Gasteiger partial charge >= 0.3 is 17.9 Å². The van der Waals surface area contributed by atoms with Crippen molar-refractivity contribution in [2.75, 3.05) is 27.4 Å². The number of hydrogen-bond donors (Lipinski definition) is 1. The zero-order valence-electron chi connectivity index (χ0n) is 31.3. The van der Waals surface area contributed by atoms with Crippen LogP contribution in [-0.4, -0.2) is 60.9 Å². The Hall–Kier alpha value is -3.45. The second-order valence-corrected chi connectivity index (χ2v) is 16.5. The molecule has 4 aromatic rings. The molecule has 0 amide bonds. The molecule has 0 fully saturated rings. The van der Waals surface area contributed by atoms with Gasteiger partial charge in [0.05, 0.1) is 38.6 Å². The minimum absolute atomic E-state index is 0.280. The Bertz CT molecular complexity index is 1780. The predicted octanol–water partition coefficient (Wildman–Crippen LogP) is 11.3. The molecule has 54 heavy (non-hydrogen) atoms. The number of ether oxygens (including phenoxy) is 4. The molecule has 0 saturated heterocycles. The molecule has 8 nitrogen and oxygen atoms in total. The average molecular weight is 905 g/mol. The van der Waals surface area contributed by atoms with E-state index in [0.29, 0.717) is 40.5 Å². The number of carboxylic acids is 1. The Morgan fingerprint density at radius 1 is 0.648 bits per heavy atom. The van der Waals surface area contributed by atoms with Crippen LogP contribution in [0.15, 0.2) is 104 Å². The Morgan fingerprint density at radius 3 is 1.46 bits per heavy atom. The number of aliphatic carboxylic acids is 1. The van der Waals surface area contributed by atoms with Crippen molar-refractivity contribution < 1.29 is 38.4 Å². The molecule has 0 unspecified atom stereocenters. The summed E-state index contributed by atoms with van der Waals surface area (Å²) in [5.41, 5.74) is 3.50. The number of esters is 2. The number of carbonyl (C=O) groups excluding carboxylic acids is 2. The van der Waals surface area contributed by atoms with Crippen LogP contribution in [0.3, 0.4) is 0 Å². The van der Waals surface area contributed by atoms with Crippen LogP contribution in [0.4, 0.5) is 0 Å². The summed E-state index contributed by atoms with van der Waals surface area (Å²) in [6, 6.07) is 26.8. The Morgan fingerprint density at radius 2 is 1.07 bits per heavy atom. The zero-order valence-corrected chi connectivity index (χ0v) is 36.1. The standard InChI is InChI=1S/C21H23BrO5S.C21H25BrO3S/c1-3-27-21(25)15-9-12-18(17(22)13-15)28-19(20(23)24)6-4-5-14-7-10-16(26-2)11-8-14;1-4-25-21(23)17-10-13-20(19(22)14-17)26-15(2)6-5-7-16-8-11-18(24-3)12-9-16/h7-13,19H,3-6H2,1-2H3,(H,23,24);8-15H,4-7H2,1-3H3/t19-;15-/m01/s1. The quantitative estimate of drug-likeness (QED) is 0.0722. The number of methoxy groups -OCH3 is 2. The predicted molar refractivity (Wildman–Crippen MR) is 225 cm³/mol. The molecule has 0 saturated carbocycles. The lowest BCUT2D eigenvalue weighted by Crippen LogP contribution is -2.16. The molecule has 2 atom stereocenters. The highest BCUT2D eigenvalue weighted by molar-refractivity contribution is 9.10. The smallest absolute Gasteiger partial charge is 0.338 e. The molecule has 0 aliphatic carbocycles. The van der Waals surface area contributed by atoms with Crippen molar-refractivity contribution in [1.82, 2.24) is 0 Å². The van der Waals surface area contributed by atoms with Crippen molar-refractivity contribution in [2.45, 2.75) is 79.6 Å². The van der Waals surface area contributed by atoms with E-state index < -0.39 is 17.2 Å². The summed E-state index contributed by atoms with van der Waals surface area (Å²) in [4.78, 5) is 37.2. The molecule has 0 aliphatic heterocycles. The topological polar surface area (TPSA) is 108 Å². The first-order valence-electron chi connectivity index (χ1n) is 17.7. The van der Waals surface area contributed by atoms with E-state index in [9.17, 15) is 19.5 Å². The minimum Gasteiger partial charge on any atom is -0.497 e. The number of benzene rings is 4. The van der Waals surface area contributed by atoms with Crippen molar-refractivity contribution in [1.29, 1.82) is 0 Å². The van der Waals surface area contributed by atoms with Crippen molar-refractivity contribution in [3.8, 4) is 11.5 Å². The van der Waals surface area contributed by atoms with E-state index in [4.69, 9.17) is 18.9 Å². The van der Waals surface area contributed by atoms with E-state index in [1.165, 1.54) is 17.3 Å². The van der Waals surface area contributed by atoms with E-state index in [1.807, 2.05) is 73.3 Å². The largest absolute Gasteiger partial charge is 0.497 e. The lowest BCUT2D eigenvalue weighted by atomic mass is 10.1. The molecule has 1 N–H and O–H groups in total.